The van der Waals surface area contributed by atoms with E-state index in [0.717, 1.165) is 38.9 Å². The van der Waals surface area contributed by atoms with E-state index in [2.05, 4.69) is 4.98 Å². The molecule has 0 aromatic carbocycles. The summed E-state index contributed by atoms with van der Waals surface area (Å²) in [5.41, 5.74) is 1.54. The highest BCUT2D eigenvalue weighted by molar-refractivity contribution is 7.19. The number of rotatable bonds is 3. The van der Waals surface area contributed by atoms with Crippen molar-refractivity contribution in [3.8, 4) is 6.07 Å². The van der Waals surface area contributed by atoms with Crippen molar-refractivity contribution in [2.24, 2.45) is 0 Å². The van der Waals surface area contributed by atoms with Crippen LogP contribution in [-0.4, -0.2) is 28.2 Å². The number of nitriles is 1. The fraction of sp³-hybridized carbons (Fsp3) is 0.429. The van der Waals surface area contributed by atoms with Gasteiger partial charge in [0.25, 0.3) is 11.8 Å². The molecule has 0 radical (unpaired) electrons. The smallest absolute Gasteiger partial charge is 0.271 e. The van der Waals surface area contributed by atoms with Crippen LogP contribution in [-0.2, 0) is 9.59 Å². The number of thiophene rings is 1. The summed E-state index contributed by atoms with van der Waals surface area (Å²) in [5, 5.41) is 9.33. The Morgan fingerprint density at radius 2 is 2.07 bits per heavy atom. The van der Waals surface area contributed by atoms with Gasteiger partial charge < -0.3 is 4.42 Å². The van der Waals surface area contributed by atoms with Gasteiger partial charge in [-0.2, -0.15) is 5.26 Å². The summed E-state index contributed by atoms with van der Waals surface area (Å²) in [7, 11) is 0. The largest absolute Gasteiger partial charge is 0.439 e. The molecule has 3 heterocycles. The van der Waals surface area contributed by atoms with Gasteiger partial charge in [0.2, 0.25) is 0 Å². The molecule has 1 aliphatic carbocycles. The van der Waals surface area contributed by atoms with Gasteiger partial charge in [0, 0.05) is 29.0 Å². The quantitative estimate of drug-likeness (QED) is 0.562. The molecule has 0 bridgehead atoms. The van der Waals surface area contributed by atoms with Crippen molar-refractivity contribution in [3.63, 3.8) is 0 Å². The summed E-state index contributed by atoms with van der Waals surface area (Å²) in [4.78, 5) is 32.4. The number of oxazole rings is 1. The van der Waals surface area contributed by atoms with Crippen LogP contribution in [0.3, 0.4) is 0 Å². The lowest BCUT2D eigenvalue weighted by molar-refractivity contribution is -0.140. The number of nitrogens with zero attached hydrogens (tertiary/aromatic N) is 3. The summed E-state index contributed by atoms with van der Waals surface area (Å²) in [6.45, 7) is 3.59. The van der Waals surface area contributed by atoms with Gasteiger partial charge >= 0.3 is 0 Å². The normalized spacial score (nSPS) is 20.5. The van der Waals surface area contributed by atoms with Gasteiger partial charge in [-0.15, -0.1) is 11.3 Å². The van der Waals surface area contributed by atoms with E-state index in [1.165, 1.54) is 30.6 Å². The number of imide groups is 1. The average Bonchev–Trinajstić information content (AvgIpc) is 3.25. The standard InChI is InChI=1S/C21H21N3O3S/c1-3-24-20(25)15(12(2)16(11-22)21(24)26)9-14-10-17-19(28-14)23-18(27-17)13-7-5-4-6-8-13/h9-10,13H,3-8H2,1-2H3/b15-9-. The van der Waals surface area contributed by atoms with E-state index < -0.39 is 5.91 Å². The molecule has 0 unspecified atom stereocenters. The Morgan fingerprint density at radius 3 is 2.71 bits per heavy atom. The maximum atomic E-state index is 12.7. The average molecular weight is 395 g/mol. The zero-order valence-corrected chi connectivity index (χ0v) is 16.8. The zero-order valence-electron chi connectivity index (χ0n) is 15.9. The highest BCUT2D eigenvalue weighted by Crippen LogP contribution is 2.37. The monoisotopic (exact) mass is 395 g/mol. The molecule has 1 saturated carbocycles. The Morgan fingerprint density at radius 1 is 1.32 bits per heavy atom. The van der Waals surface area contributed by atoms with Gasteiger partial charge in [0.1, 0.15) is 11.6 Å². The van der Waals surface area contributed by atoms with Crippen molar-refractivity contribution < 1.29 is 14.0 Å². The molecule has 1 aliphatic heterocycles. The van der Waals surface area contributed by atoms with Crippen molar-refractivity contribution >= 4 is 39.6 Å². The van der Waals surface area contributed by atoms with E-state index in [1.807, 2.05) is 12.1 Å². The Hall–Kier alpha value is -2.72. The lowest BCUT2D eigenvalue weighted by Gasteiger charge is -2.26. The Kier molecular flexibility index (Phi) is 4.90. The fourth-order valence-electron chi connectivity index (χ4n) is 3.92. The summed E-state index contributed by atoms with van der Waals surface area (Å²) in [5.74, 6) is 0.329. The molecule has 0 N–H and O–H groups in total. The van der Waals surface area contributed by atoms with Gasteiger partial charge in [-0.25, -0.2) is 4.98 Å². The molecule has 0 saturated heterocycles. The maximum absolute atomic E-state index is 12.7. The van der Waals surface area contributed by atoms with E-state index in [0.29, 0.717) is 17.1 Å². The van der Waals surface area contributed by atoms with Crippen LogP contribution in [0.1, 0.15) is 62.6 Å². The van der Waals surface area contributed by atoms with Crippen LogP contribution >= 0.6 is 11.3 Å². The molecule has 1 fully saturated rings. The van der Waals surface area contributed by atoms with Crippen LogP contribution in [0.5, 0.6) is 0 Å². The lowest BCUT2D eigenvalue weighted by Crippen LogP contribution is -2.42. The number of carbonyl (C=O) groups excluding carboxylic acids is 2. The number of fused-ring (bicyclic) bond motifs is 1. The summed E-state index contributed by atoms with van der Waals surface area (Å²) < 4.78 is 5.99. The predicted molar refractivity (Wildman–Crippen MR) is 106 cm³/mol. The van der Waals surface area contributed by atoms with E-state index in [9.17, 15) is 14.9 Å². The lowest BCUT2D eigenvalue weighted by atomic mass is 9.89. The third-order valence-corrected chi connectivity index (χ3v) is 6.46. The van der Waals surface area contributed by atoms with Gasteiger partial charge in [-0.3, -0.25) is 14.5 Å². The molecule has 7 heteroatoms. The van der Waals surface area contributed by atoms with Crippen LogP contribution in [0.2, 0.25) is 0 Å². The molecule has 2 aliphatic rings. The topological polar surface area (TPSA) is 87.2 Å². The Bertz CT molecular complexity index is 1030. The Labute approximate surface area is 167 Å². The third kappa shape index (κ3) is 3.08. The van der Waals surface area contributed by atoms with Gasteiger partial charge in [0.05, 0.1) is 0 Å². The minimum Gasteiger partial charge on any atom is -0.439 e. The number of hydrogen-bond acceptors (Lipinski definition) is 6. The first-order chi connectivity index (χ1) is 13.5. The van der Waals surface area contributed by atoms with Crippen LogP contribution in [0.4, 0.5) is 0 Å². The van der Waals surface area contributed by atoms with Gasteiger partial charge in [-0.05, 0) is 38.3 Å². The van der Waals surface area contributed by atoms with Crippen LogP contribution in [0, 0.1) is 11.3 Å². The summed E-state index contributed by atoms with van der Waals surface area (Å²) in [6, 6.07) is 3.82. The first kappa shape index (κ1) is 18.6. The van der Waals surface area contributed by atoms with E-state index in [1.54, 1.807) is 19.9 Å². The fourth-order valence-corrected chi connectivity index (χ4v) is 4.83. The Balaban J connectivity index is 1.69. The van der Waals surface area contributed by atoms with Crippen molar-refractivity contribution in [1.29, 1.82) is 5.26 Å². The van der Waals surface area contributed by atoms with Crippen LogP contribution in [0.25, 0.3) is 16.5 Å². The molecule has 2 aromatic rings. The molecule has 6 nitrogen and oxygen atoms in total. The van der Waals surface area contributed by atoms with Crippen LogP contribution in [0.15, 0.2) is 27.2 Å². The number of aromatic nitrogens is 1. The van der Waals surface area contributed by atoms with Crippen molar-refractivity contribution in [1.82, 2.24) is 9.88 Å². The number of likely N-dealkylation sites (N-methyl/N-ethyl adjacent to an activating group) is 1. The van der Waals surface area contributed by atoms with E-state index in [-0.39, 0.29) is 18.0 Å². The zero-order chi connectivity index (χ0) is 19.8. The minimum atomic E-state index is -0.525. The molecule has 2 aromatic heterocycles. The molecule has 4 rings (SSSR count). The number of amides is 2. The summed E-state index contributed by atoms with van der Waals surface area (Å²) >= 11 is 1.46. The molecule has 0 atom stereocenters. The first-order valence-electron chi connectivity index (χ1n) is 9.63. The van der Waals surface area contributed by atoms with Gasteiger partial charge in [-0.1, -0.05) is 19.3 Å². The van der Waals surface area contributed by atoms with E-state index >= 15 is 0 Å². The molecular formula is C21H21N3O3S. The van der Waals surface area contributed by atoms with E-state index in [4.69, 9.17) is 4.42 Å². The minimum absolute atomic E-state index is 0.0191. The second-order valence-electron chi connectivity index (χ2n) is 7.23. The third-order valence-electron chi connectivity index (χ3n) is 5.51. The first-order valence-corrected chi connectivity index (χ1v) is 10.4. The second kappa shape index (κ2) is 7.36. The number of hydrogen-bond donors (Lipinski definition) is 0. The SMILES string of the molecule is CCN1C(=O)C(C#N)=C(C)/C(=C/c2cc3oc(C4CCCCC4)nc3s2)C1=O. The molecule has 0 spiro atoms. The number of carbonyl (C=O) groups is 2. The second-order valence-corrected chi connectivity index (χ2v) is 8.29. The molecular weight excluding hydrogens is 374 g/mol. The van der Waals surface area contributed by atoms with Crippen molar-refractivity contribution in [2.75, 3.05) is 6.54 Å². The predicted octanol–water partition coefficient (Wildman–Crippen LogP) is 4.55. The highest BCUT2D eigenvalue weighted by atomic mass is 32.1. The maximum Gasteiger partial charge on any atom is 0.271 e. The molecule has 144 valence electrons. The van der Waals surface area contributed by atoms with Gasteiger partial charge in [0.15, 0.2) is 16.3 Å². The van der Waals surface area contributed by atoms with Crippen molar-refractivity contribution in [3.05, 3.63) is 33.6 Å². The molecule has 28 heavy (non-hydrogen) atoms. The van der Waals surface area contributed by atoms with Crippen LogP contribution < -0.4 is 0 Å². The highest BCUT2D eigenvalue weighted by Gasteiger charge is 2.34. The molecule has 2 amide bonds. The summed E-state index contributed by atoms with van der Waals surface area (Å²) in [6.07, 6.45) is 7.71. The van der Waals surface area contributed by atoms with Crippen molar-refractivity contribution in [2.45, 2.75) is 51.9 Å².